The average molecular weight is 270 g/mol. The zero-order chi connectivity index (χ0) is 14.4. The van der Waals surface area contributed by atoms with E-state index in [4.69, 9.17) is 0 Å². The second kappa shape index (κ2) is 6.89. The van der Waals surface area contributed by atoms with Crippen LogP contribution in [0.1, 0.15) is 13.8 Å². The van der Waals surface area contributed by atoms with Gasteiger partial charge in [0.15, 0.2) is 6.17 Å². The minimum absolute atomic E-state index is 0.0116. The minimum Gasteiger partial charge on any atom is -0.372 e. The van der Waals surface area contributed by atoms with Crippen LogP contribution in [0.3, 0.4) is 0 Å². The van der Waals surface area contributed by atoms with Gasteiger partial charge in [0.1, 0.15) is 0 Å². The highest BCUT2D eigenvalue weighted by Crippen LogP contribution is 2.20. The molecular weight excluding hydrogens is 248 g/mol. The summed E-state index contributed by atoms with van der Waals surface area (Å²) in [5, 5.41) is 8.66. The average Bonchev–Trinajstić information content (AvgIpc) is 2.49. The van der Waals surface area contributed by atoms with E-state index >= 15 is 0 Å². The summed E-state index contributed by atoms with van der Waals surface area (Å²) >= 11 is 0. The summed E-state index contributed by atoms with van der Waals surface area (Å²) in [6, 6.07) is 8.22. The third-order valence-corrected chi connectivity index (χ3v) is 3.40. The molecule has 106 valence electrons. The fourth-order valence-corrected chi connectivity index (χ4v) is 2.14. The third kappa shape index (κ3) is 3.47. The monoisotopic (exact) mass is 270 g/mol. The van der Waals surface area contributed by atoms with Gasteiger partial charge in [0, 0.05) is 32.0 Å². The lowest BCUT2D eigenvalue weighted by Gasteiger charge is -2.21. The number of rotatable bonds is 5. The molecule has 0 saturated heterocycles. The first-order valence-electron chi connectivity index (χ1n) is 7.07. The molecular formula is C16H22N4. The molecule has 1 atom stereocenters. The van der Waals surface area contributed by atoms with Gasteiger partial charge in [-0.1, -0.05) is 6.08 Å². The summed E-state index contributed by atoms with van der Waals surface area (Å²) < 4.78 is 0. The van der Waals surface area contributed by atoms with Gasteiger partial charge in [-0.3, -0.25) is 0 Å². The topological polar surface area (TPSA) is 31.2 Å². The molecule has 4 nitrogen and oxygen atoms in total. The minimum atomic E-state index is -0.0116. The predicted octanol–water partition coefficient (Wildman–Crippen LogP) is 3.96. The molecule has 0 fully saturated rings. The van der Waals surface area contributed by atoms with Crippen molar-refractivity contribution in [1.29, 1.82) is 0 Å². The van der Waals surface area contributed by atoms with Crippen LogP contribution in [0.4, 0.5) is 11.4 Å². The van der Waals surface area contributed by atoms with Crippen LogP contribution in [0.5, 0.6) is 0 Å². The normalized spacial score (nSPS) is 17.9. The quantitative estimate of drug-likeness (QED) is 0.758. The van der Waals surface area contributed by atoms with Crippen LogP contribution in [0.2, 0.25) is 0 Å². The van der Waals surface area contributed by atoms with Crippen molar-refractivity contribution >= 4 is 11.4 Å². The fourth-order valence-electron chi connectivity index (χ4n) is 2.14. The lowest BCUT2D eigenvalue weighted by atomic mass is 10.2. The molecule has 0 radical (unpaired) electrons. The Morgan fingerprint density at radius 1 is 1.10 bits per heavy atom. The highest BCUT2D eigenvalue weighted by Gasteiger charge is 2.08. The third-order valence-electron chi connectivity index (χ3n) is 3.40. The maximum Gasteiger partial charge on any atom is 0.161 e. The molecule has 1 aliphatic rings. The van der Waals surface area contributed by atoms with Crippen molar-refractivity contribution in [1.82, 2.24) is 4.90 Å². The van der Waals surface area contributed by atoms with E-state index < -0.39 is 0 Å². The van der Waals surface area contributed by atoms with Crippen LogP contribution in [0, 0.1) is 0 Å². The molecule has 1 heterocycles. The second-order valence-corrected chi connectivity index (χ2v) is 4.71. The standard InChI is InChI=1S/C16H22N4/c1-4-20(5-2)15-11-9-14(10-12-15)17-18-16-8-6-7-13-19(16)3/h6-13,16H,4-5H2,1-3H3. The predicted molar refractivity (Wildman–Crippen MR) is 84.4 cm³/mol. The Balaban J connectivity index is 2.03. The van der Waals surface area contributed by atoms with Crippen LogP contribution in [0.15, 0.2) is 58.9 Å². The van der Waals surface area contributed by atoms with E-state index in [2.05, 4.69) is 41.1 Å². The number of hydrogen-bond donors (Lipinski definition) is 0. The number of hydrogen-bond acceptors (Lipinski definition) is 4. The van der Waals surface area contributed by atoms with Crippen molar-refractivity contribution in [3.63, 3.8) is 0 Å². The first-order valence-corrected chi connectivity index (χ1v) is 7.07. The summed E-state index contributed by atoms with van der Waals surface area (Å²) in [5.74, 6) is 0. The smallest absolute Gasteiger partial charge is 0.161 e. The Labute approximate surface area is 121 Å². The fraction of sp³-hybridized carbons (Fsp3) is 0.375. The van der Waals surface area contributed by atoms with Crippen LogP contribution < -0.4 is 4.90 Å². The molecule has 0 bridgehead atoms. The van der Waals surface area contributed by atoms with Gasteiger partial charge in [-0.2, -0.15) is 10.2 Å². The second-order valence-electron chi connectivity index (χ2n) is 4.71. The first kappa shape index (κ1) is 14.3. The zero-order valence-electron chi connectivity index (χ0n) is 12.4. The molecule has 0 aromatic heterocycles. The van der Waals surface area contributed by atoms with E-state index in [1.165, 1.54) is 5.69 Å². The Bertz CT molecular complexity index is 498. The van der Waals surface area contributed by atoms with Gasteiger partial charge in [0.25, 0.3) is 0 Å². The SMILES string of the molecule is CCN(CC)c1ccc(N=NC2C=CC=CN2C)cc1. The van der Waals surface area contributed by atoms with Crippen molar-refractivity contribution < 1.29 is 0 Å². The molecule has 4 heteroatoms. The number of anilines is 1. The molecule has 0 amide bonds. The van der Waals surface area contributed by atoms with Gasteiger partial charge in [0.05, 0.1) is 5.69 Å². The van der Waals surface area contributed by atoms with Gasteiger partial charge in [-0.25, -0.2) is 0 Å². The van der Waals surface area contributed by atoms with Crippen molar-refractivity contribution in [3.05, 3.63) is 48.7 Å². The summed E-state index contributed by atoms with van der Waals surface area (Å²) in [5.41, 5.74) is 2.11. The molecule has 1 aromatic carbocycles. The van der Waals surface area contributed by atoms with Crippen molar-refractivity contribution in [2.75, 3.05) is 25.0 Å². The van der Waals surface area contributed by atoms with Crippen molar-refractivity contribution in [3.8, 4) is 0 Å². The maximum absolute atomic E-state index is 4.35. The van der Waals surface area contributed by atoms with E-state index in [0.29, 0.717) is 0 Å². The van der Waals surface area contributed by atoms with Crippen LogP contribution >= 0.6 is 0 Å². The van der Waals surface area contributed by atoms with Gasteiger partial charge in [-0.05, 0) is 50.3 Å². The first-order chi connectivity index (χ1) is 9.74. The maximum atomic E-state index is 4.35. The zero-order valence-corrected chi connectivity index (χ0v) is 12.4. The van der Waals surface area contributed by atoms with Gasteiger partial charge in [0.2, 0.25) is 0 Å². The van der Waals surface area contributed by atoms with Crippen LogP contribution in [-0.2, 0) is 0 Å². The Kier molecular flexibility index (Phi) is 4.93. The Morgan fingerprint density at radius 3 is 2.40 bits per heavy atom. The largest absolute Gasteiger partial charge is 0.372 e. The number of likely N-dealkylation sites (N-methyl/N-ethyl adjacent to an activating group) is 1. The number of nitrogens with zero attached hydrogens (tertiary/aromatic N) is 4. The molecule has 1 aliphatic heterocycles. The van der Waals surface area contributed by atoms with Crippen LogP contribution in [-0.4, -0.2) is 31.2 Å². The Morgan fingerprint density at radius 2 is 1.80 bits per heavy atom. The van der Waals surface area contributed by atoms with E-state index in [9.17, 15) is 0 Å². The molecule has 0 aliphatic carbocycles. The molecule has 0 saturated carbocycles. The van der Waals surface area contributed by atoms with Gasteiger partial charge >= 0.3 is 0 Å². The van der Waals surface area contributed by atoms with Crippen LogP contribution in [0.25, 0.3) is 0 Å². The summed E-state index contributed by atoms with van der Waals surface area (Å²) in [4.78, 5) is 4.33. The number of allylic oxidation sites excluding steroid dienone is 2. The van der Waals surface area contributed by atoms with Gasteiger partial charge in [-0.15, -0.1) is 0 Å². The summed E-state index contributed by atoms with van der Waals surface area (Å²) in [7, 11) is 1.99. The lowest BCUT2D eigenvalue weighted by Crippen LogP contribution is -2.23. The highest BCUT2D eigenvalue weighted by molar-refractivity contribution is 5.52. The highest BCUT2D eigenvalue weighted by atomic mass is 15.3. The molecule has 1 unspecified atom stereocenters. The Hall–Kier alpha value is -2.10. The molecule has 0 spiro atoms. The molecule has 20 heavy (non-hydrogen) atoms. The molecule has 2 rings (SSSR count). The van der Waals surface area contributed by atoms with E-state index in [-0.39, 0.29) is 6.17 Å². The summed E-state index contributed by atoms with van der Waals surface area (Å²) in [6.07, 6.45) is 7.99. The molecule has 0 N–H and O–H groups in total. The number of benzene rings is 1. The number of azo groups is 1. The van der Waals surface area contributed by atoms with Gasteiger partial charge < -0.3 is 9.80 Å². The lowest BCUT2D eigenvalue weighted by molar-refractivity contribution is 0.380. The van der Waals surface area contributed by atoms with Crippen molar-refractivity contribution in [2.45, 2.75) is 20.0 Å². The summed E-state index contributed by atoms with van der Waals surface area (Å²) in [6.45, 7) is 6.36. The van der Waals surface area contributed by atoms with Crippen molar-refractivity contribution in [2.24, 2.45) is 10.2 Å². The molecule has 1 aromatic rings. The van der Waals surface area contributed by atoms with E-state index in [1.807, 2.05) is 48.5 Å². The van der Waals surface area contributed by atoms with E-state index in [0.717, 1.165) is 18.8 Å². The van der Waals surface area contributed by atoms with E-state index in [1.54, 1.807) is 0 Å².